The Hall–Kier alpha value is -1.93. The molecule has 172 valence electrons. The highest BCUT2D eigenvalue weighted by Crippen LogP contribution is 2.25. The smallest absolute Gasteiger partial charge is 0.339 e. The first kappa shape index (κ1) is 23.7. The summed E-state index contributed by atoms with van der Waals surface area (Å²) in [5, 5.41) is 3.00. The standard InChI is InChI=1S/C23H34N2O5S/c1-16-11-12-19(31(28,29)25-13-7-4-8-14-25)15-20(16)23(27)30-18(3)22(26)24-21-10-6-5-9-17(21)2/h11-12,15,17-18,21H,4-10,13-14H2,1-3H3,(H,24,26)/t17-,18-,21+/m1/s1. The molecule has 2 fully saturated rings. The number of sulfonamides is 1. The number of carbonyl (C=O) groups is 2. The molecule has 0 radical (unpaired) electrons. The Kier molecular flexibility index (Phi) is 7.75. The Morgan fingerprint density at radius 1 is 1.10 bits per heavy atom. The van der Waals surface area contributed by atoms with E-state index in [1.54, 1.807) is 19.9 Å². The molecular weight excluding hydrogens is 416 g/mol. The first-order valence-electron chi connectivity index (χ1n) is 11.3. The average Bonchev–Trinajstić information content (AvgIpc) is 2.76. The summed E-state index contributed by atoms with van der Waals surface area (Å²) in [6, 6.07) is 4.61. The number of hydrogen-bond acceptors (Lipinski definition) is 5. The second-order valence-electron chi connectivity index (χ2n) is 8.87. The lowest BCUT2D eigenvalue weighted by molar-refractivity contribution is -0.130. The van der Waals surface area contributed by atoms with Crippen LogP contribution in [0.1, 0.15) is 74.7 Å². The van der Waals surface area contributed by atoms with Gasteiger partial charge in [0, 0.05) is 19.1 Å². The number of amides is 1. The van der Waals surface area contributed by atoms with Crippen LogP contribution in [0.5, 0.6) is 0 Å². The van der Waals surface area contributed by atoms with Crippen LogP contribution in [0.15, 0.2) is 23.1 Å². The molecule has 1 aromatic rings. The fourth-order valence-electron chi connectivity index (χ4n) is 4.34. The van der Waals surface area contributed by atoms with Crippen molar-refractivity contribution in [3.05, 3.63) is 29.3 Å². The highest BCUT2D eigenvalue weighted by atomic mass is 32.2. The van der Waals surface area contributed by atoms with Gasteiger partial charge in [-0.1, -0.05) is 32.3 Å². The molecule has 2 aliphatic rings. The lowest BCUT2D eigenvalue weighted by Gasteiger charge is -2.30. The van der Waals surface area contributed by atoms with Crippen molar-refractivity contribution in [3.8, 4) is 0 Å². The van der Waals surface area contributed by atoms with Gasteiger partial charge in [-0.25, -0.2) is 13.2 Å². The Labute approximate surface area is 185 Å². The van der Waals surface area contributed by atoms with Crippen molar-refractivity contribution in [1.29, 1.82) is 0 Å². The van der Waals surface area contributed by atoms with E-state index in [-0.39, 0.29) is 22.4 Å². The van der Waals surface area contributed by atoms with Crippen LogP contribution in [0.25, 0.3) is 0 Å². The van der Waals surface area contributed by atoms with E-state index in [0.29, 0.717) is 24.6 Å². The molecule has 3 atom stereocenters. The van der Waals surface area contributed by atoms with Crippen molar-refractivity contribution < 1.29 is 22.7 Å². The maximum Gasteiger partial charge on any atom is 0.339 e. The zero-order chi connectivity index (χ0) is 22.6. The van der Waals surface area contributed by atoms with Gasteiger partial charge >= 0.3 is 5.97 Å². The van der Waals surface area contributed by atoms with Crippen LogP contribution >= 0.6 is 0 Å². The molecule has 0 unspecified atom stereocenters. The summed E-state index contributed by atoms with van der Waals surface area (Å²) in [5.41, 5.74) is 0.778. The number of carbonyl (C=O) groups excluding carboxylic acids is 2. The Morgan fingerprint density at radius 3 is 2.45 bits per heavy atom. The highest BCUT2D eigenvalue weighted by molar-refractivity contribution is 7.89. The molecule has 1 aliphatic carbocycles. The molecule has 8 heteroatoms. The summed E-state index contributed by atoms with van der Waals surface area (Å²) < 4.78 is 32.8. The molecule has 31 heavy (non-hydrogen) atoms. The van der Waals surface area contributed by atoms with Crippen molar-refractivity contribution in [2.45, 2.75) is 82.8 Å². The molecule has 1 saturated carbocycles. The molecule has 0 bridgehead atoms. The van der Waals surface area contributed by atoms with Gasteiger partial charge in [0.25, 0.3) is 5.91 Å². The van der Waals surface area contributed by atoms with E-state index in [1.165, 1.54) is 22.9 Å². The van der Waals surface area contributed by atoms with Crippen molar-refractivity contribution in [2.75, 3.05) is 13.1 Å². The lowest BCUT2D eigenvalue weighted by Crippen LogP contribution is -2.46. The summed E-state index contributed by atoms with van der Waals surface area (Å²) in [7, 11) is -3.66. The van der Waals surface area contributed by atoms with E-state index in [0.717, 1.165) is 38.5 Å². The number of nitrogens with one attached hydrogen (secondary N) is 1. The van der Waals surface area contributed by atoms with Crippen molar-refractivity contribution in [1.82, 2.24) is 9.62 Å². The van der Waals surface area contributed by atoms with Gasteiger partial charge in [-0.05, 0) is 63.1 Å². The number of aryl methyl sites for hydroxylation is 1. The fraction of sp³-hybridized carbons (Fsp3) is 0.652. The Balaban J connectivity index is 1.69. The third kappa shape index (κ3) is 5.66. The zero-order valence-corrected chi connectivity index (χ0v) is 19.5. The van der Waals surface area contributed by atoms with E-state index >= 15 is 0 Å². The third-order valence-corrected chi connectivity index (χ3v) is 8.37. The van der Waals surface area contributed by atoms with Crippen molar-refractivity contribution in [3.63, 3.8) is 0 Å². The number of hydrogen-bond donors (Lipinski definition) is 1. The molecule has 1 saturated heterocycles. The molecule has 0 aromatic heterocycles. The van der Waals surface area contributed by atoms with E-state index in [2.05, 4.69) is 12.2 Å². The van der Waals surface area contributed by atoms with Gasteiger partial charge in [0.1, 0.15) is 0 Å². The van der Waals surface area contributed by atoms with E-state index in [4.69, 9.17) is 4.74 Å². The molecule has 1 aliphatic heterocycles. The molecule has 1 heterocycles. The highest BCUT2D eigenvalue weighted by Gasteiger charge is 2.29. The minimum atomic E-state index is -3.66. The number of benzene rings is 1. The van der Waals surface area contributed by atoms with Crippen LogP contribution in [0.4, 0.5) is 0 Å². The quantitative estimate of drug-likeness (QED) is 0.671. The summed E-state index contributed by atoms with van der Waals surface area (Å²) in [5.74, 6) is -0.603. The van der Waals surface area contributed by atoms with Crippen molar-refractivity contribution >= 4 is 21.9 Å². The molecule has 0 spiro atoms. The summed E-state index contributed by atoms with van der Waals surface area (Å²) in [6.07, 6.45) is 6.02. The Bertz CT molecular complexity index is 909. The number of nitrogens with zero attached hydrogens (tertiary/aromatic N) is 1. The fourth-order valence-corrected chi connectivity index (χ4v) is 5.89. The number of rotatable bonds is 6. The normalized spacial score (nSPS) is 23.7. The lowest BCUT2D eigenvalue weighted by atomic mass is 9.86. The van der Waals surface area contributed by atoms with Gasteiger partial charge in [0.05, 0.1) is 10.5 Å². The predicted octanol–water partition coefficient (Wildman–Crippen LogP) is 3.41. The average molecular weight is 451 g/mol. The Morgan fingerprint density at radius 2 is 1.77 bits per heavy atom. The summed E-state index contributed by atoms with van der Waals surface area (Å²) in [6.45, 7) is 6.38. The van der Waals surface area contributed by atoms with E-state index < -0.39 is 22.1 Å². The van der Waals surface area contributed by atoms with Gasteiger partial charge in [-0.2, -0.15) is 4.31 Å². The zero-order valence-electron chi connectivity index (χ0n) is 18.7. The third-order valence-electron chi connectivity index (χ3n) is 6.47. The van der Waals surface area contributed by atoms with E-state index in [9.17, 15) is 18.0 Å². The number of piperidine rings is 1. The van der Waals surface area contributed by atoms with Crippen LogP contribution in [0, 0.1) is 12.8 Å². The largest absolute Gasteiger partial charge is 0.449 e. The van der Waals surface area contributed by atoms with E-state index in [1.807, 2.05) is 0 Å². The first-order valence-corrected chi connectivity index (χ1v) is 12.8. The second-order valence-corrected chi connectivity index (χ2v) is 10.8. The van der Waals surface area contributed by atoms with Crippen LogP contribution in [0.3, 0.4) is 0 Å². The predicted molar refractivity (Wildman–Crippen MR) is 118 cm³/mol. The van der Waals surface area contributed by atoms with Crippen LogP contribution in [-0.4, -0.2) is 49.8 Å². The monoisotopic (exact) mass is 450 g/mol. The van der Waals surface area contributed by atoms with Gasteiger partial charge in [0.2, 0.25) is 10.0 Å². The maximum atomic E-state index is 13.0. The van der Waals surface area contributed by atoms with Crippen LogP contribution < -0.4 is 5.32 Å². The first-order chi connectivity index (χ1) is 14.7. The number of esters is 1. The maximum absolute atomic E-state index is 13.0. The van der Waals surface area contributed by atoms with Crippen LogP contribution in [-0.2, 0) is 19.6 Å². The second kappa shape index (κ2) is 10.1. The van der Waals surface area contributed by atoms with Gasteiger partial charge in [-0.15, -0.1) is 0 Å². The van der Waals surface area contributed by atoms with Gasteiger partial charge in [0.15, 0.2) is 6.10 Å². The topological polar surface area (TPSA) is 92.8 Å². The minimum Gasteiger partial charge on any atom is -0.449 e. The molecule has 1 N–H and O–H groups in total. The van der Waals surface area contributed by atoms with Crippen molar-refractivity contribution in [2.24, 2.45) is 5.92 Å². The SMILES string of the molecule is Cc1ccc(S(=O)(=O)N2CCCCC2)cc1C(=O)O[C@H](C)C(=O)N[C@H]1CCCC[C@H]1C. The van der Waals surface area contributed by atoms with Crippen LogP contribution in [0.2, 0.25) is 0 Å². The van der Waals surface area contributed by atoms with Gasteiger partial charge < -0.3 is 10.1 Å². The molecule has 7 nitrogen and oxygen atoms in total. The minimum absolute atomic E-state index is 0.0834. The summed E-state index contributed by atoms with van der Waals surface area (Å²) in [4.78, 5) is 25.4. The summed E-state index contributed by atoms with van der Waals surface area (Å²) >= 11 is 0. The molecule has 1 aromatic carbocycles. The molecule has 3 rings (SSSR count). The molecule has 1 amide bonds. The number of ether oxygens (including phenoxy) is 1. The molecular formula is C23H34N2O5S. The van der Waals surface area contributed by atoms with Gasteiger partial charge in [-0.3, -0.25) is 4.79 Å².